The molecule has 4 rings (SSSR count). The molecule has 0 aromatic carbocycles. The van der Waals surface area contributed by atoms with E-state index in [1.807, 2.05) is 19.9 Å². The van der Waals surface area contributed by atoms with Crippen LogP contribution in [-0.2, 0) is 20.5 Å². The summed E-state index contributed by atoms with van der Waals surface area (Å²) in [7, 11) is 2.90. The number of nitrogens with zero attached hydrogens (tertiary/aromatic N) is 7. The van der Waals surface area contributed by atoms with E-state index < -0.39 is 11.2 Å². The van der Waals surface area contributed by atoms with Gasteiger partial charge < -0.3 is 5.32 Å². The Morgan fingerprint density at radius 2 is 1.91 bits per heavy atom. The van der Waals surface area contributed by atoms with Crippen LogP contribution in [0.2, 0.25) is 0 Å². The fraction of sp³-hybridized carbons (Fsp3) is 0.318. The molecule has 168 valence electrons. The van der Waals surface area contributed by atoms with Crippen LogP contribution < -0.4 is 16.6 Å². The number of hydrogen-bond donors (Lipinski definition) is 1. The third kappa shape index (κ3) is 3.76. The fourth-order valence-corrected chi connectivity index (χ4v) is 3.80. The Labute approximate surface area is 187 Å². The predicted octanol–water partition coefficient (Wildman–Crippen LogP) is 0.526. The second-order valence-electron chi connectivity index (χ2n) is 7.87. The first-order valence-corrected chi connectivity index (χ1v) is 10.3. The van der Waals surface area contributed by atoms with Gasteiger partial charge in [-0.3, -0.25) is 18.7 Å². The number of hydrogen-bond acceptors (Lipinski definition) is 7. The Kier molecular flexibility index (Phi) is 5.51. The maximum absolute atomic E-state index is 12.6. The standard InChI is InChI=1S/C22H22N8O3/c1-12-8-13(2)30-19(26-12)16(10-23)17(27-30)6-5-7-24-20(31)14-9-15-18(25-11-14)28(3)22(33)29(4)21(15)32/h8-9,11H,5-7H2,1-4H3,(H,24,31). The van der Waals surface area contributed by atoms with Crippen molar-refractivity contribution in [1.82, 2.24) is 34.0 Å². The Morgan fingerprint density at radius 1 is 1.15 bits per heavy atom. The minimum absolute atomic E-state index is 0.189. The van der Waals surface area contributed by atoms with Crippen LogP contribution in [0.1, 0.15) is 39.4 Å². The van der Waals surface area contributed by atoms with Gasteiger partial charge in [-0.25, -0.2) is 19.3 Å². The fourth-order valence-electron chi connectivity index (χ4n) is 3.80. The average molecular weight is 446 g/mol. The lowest BCUT2D eigenvalue weighted by Crippen LogP contribution is -2.37. The molecule has 4 aromatic rings. The molecule has 0 spiro atoms. The molecule has 0 aliphatic rings. The average Bonchev–Trinajstić information content (AvgIpc) is 3.16. The highest BCUT2D eigenvalue weighted by atomic mass is 16.2. The van der Waals surface area contributed by atoms with E-state index in [2.05, 4.69) is 26.5 Å². The van der Waals surface area contributed by atoms with Crippen LogP contribution in [0.5, 0.6) is 0 Å². The number of carbonyl (C=O) groups excluding carboxylic acids is 1. The van der Waals surface area contributed by atoms with Crippen LogP contribution in [0.3, 0.4) is 0 Å². The highest BCUT2D eigenvalue weighted by Gasteiger charge is 2.16. The molecular weight excluding hydrogens is 424 g/mol. The first kappa shape index (κ1) is 21.9. The van der Waals surface area contributed by atoms with E-state index in [9.17, 15) is 19.6 Å². The molecule has 4 heterocycles. The van der Waals surface area contributed by atoms with Crippen molar-refractivity contribution in [1.29, 1.82) is 5.26 Å². The number of nitrogens with one attached hydrogen (secondary N) is 1. The maximum Gasteiger partial charge on any atom is 0.332 e. The molecule has 33 heavy (non-hydrogen) atoms. The van der Waals surface area contributed by atoms with E-state index in [-0.39, 0.29) is 22.5 Å². The zero-order chi connectivity index (χ0) is 23.9. The summed E-state index contributed by atoms with van der Waals surface area (Å²) < 4.78 is 3.90. The first-order chi connectivity index (χ1) is 15.7. The van der Waals surface area contributed by atoms with Crippen molar-refractivity contribution < 1.29 is 4.79 Å². The molecule has 0 bridgehead atoms. The van der Waals surface area contributed by atoms with Gasteiger partial charge in [0.1, 0.15) is 17.3 Å². The van der Waals surface area contributed by atoms with Crippen molar-refractivity contribution in [2.24, 2.45) is 14.1 Å². The predicted molar refractivity (Wildman–Crippen MR) is 120 cm³/mol. The van der Waals surface area contributed by atoms with Crippen LogP contribution in [0.4, 0.5) is 0 Å². The third-order valence-corrected chi connectivity index (χ3v) is 5.51. The van der Waals surface area contributed by atoms with Gasteiger partial charge in [-0.05, 0) is 38.8 Å². The highest BCUT2D eigenvalue weighted by molar-refractivity contribution is 5.96. The lowest BCUT2D eigenvalue weighted by atomic mass is 10.1. The number of nitriles is 1. The SMILES string of the molecule is Cc1cc(C)n2nc(CCCNC(=O)c3cnc4c(c3)c(=O)n(C)c(=O)n4C)c(C#N)c2n1. The van der Waals surface area contributed by atoms with Gasteiger partial charge in [0.25, 0.3) is 11.5 Å². The summed E-state index contributed by atoms with van der Waals surface area (Å²) in [6, 6.07) is 5.52. The van der Waals surface area contributed by atoms with Gasteiger partial charge in [0, 0.05) is 38.2 Å². The van der Waals surface area contributed by atoms with Crippen molar-refractivity contribution in [3.05, 3.63) is 67.4 Å². The Bertz CT molecular complexity index is 1590. The summed E-state index contributed by atoms with van der Waals surface area (Å²) in [5, 5.41) is 17.1. The second kappa shape index (κ2) is 8.31. The smallest absolute Gasteiger partial charge is 0.332 e. The minimum atomic E-state index is -0.509. The number of rotatable bonds is 5. The zero-order valence-electron chi connectivity index (χ0n) is 18.7. The zero-order valence-corrected chi connectivity index (χ0v) is 18.7. The van der Waals surface area contributed by atoms with Crippen molar-refractivity contribution in [2.75, 3.05) is 6.54 Å². The van der Waals surface area contributed by atoms with Crippen LogP contribution in [0.25, 0.3) is 16.7 Å². The minimum Gasteiger partial charge on any atom is -0.352 e. The van der Waals surface area contributed by atoms with Crippen molar-refractivity contribution in [3.63, 3.8) is 0 Å². The highest BCUT2D eigenvalue weighted by Crippen LogP contribution is 2.17. The first-order valence-electron chi connectivity index (χ1n) is 10.3. The van der Waals surface area contributed by atoms with E-state index >= 15 is 0 Å². The molecule has 0 radical (unpaired) electrons. The second-order valence-corrected chi connectivity index (χ2v) is 7.87. The molecule has 1 amide bonds. The largest absolute Gasteiger partial charge is 0.352 e. The van der Waals surface area contributed by atoms with E-state index in [1.54, 1.807) is 4.52 Å². The summed E-state index contributed by atoms with van der Waals surface area (Å²) in [5.74, 6) is -0.385. The van der Waals surface area contributed by atoms with E-state index in [4.69, 9.17) is 0 Å². The van der Waals surface area contributed by atoms with E-state index in [0.29, 0.717) is 36.3 Å². The lowest BCUT2D eigenvalue weighted by molar-refractivity contribution is 0.0953. The van der Waals surface area contributed by atoms with E-state index in [1.165, 1.54) is 30.9 Å². The van der Waals surface area contributed by atoms with Gasteiger partial charge in [-0.15, -0.1) is 0 Å². The molecule has 0 aliphatic heterocycles. The van der Waals surface area contributed by atoms with Crippen LogP contribution >= 0.6 is 0 Å². The Balaban J connectivity index is 1.48. The van der Waals surface area contributed by atoms with Gasteiger partial charge in [0.05, 0.1) is 16.6 Å². The molecule has 0 saturated heterocycles. The van der Waals surface area contributed by atoms with Gasteiger partial charge in [0.2, 0.25) is 0 Å². The monoisotopic (exact) mass is 446 g/mol. The molecule has 11 nitrogen and oxygen atoms in total. The molecule has 0 fully saturated rings. The molecule has 0 aliphatic carbocycles. The summed E-state index contributed by atoms with van der Waals surface area (Å²) in [6.07, 6.45) is 2.38. The Morgan fingerprint density at radius 3 is 2.64 bits per heavy atom. The Hall–Kier alpha value is -4.33. The number of pyridine rings is 1. The van der Waals surface area contributed by atoms with Gasteiger partial charge in [-0.2, -0.15) is 10.4 Å². The van der Waals surface area contributed by atoms with Crippen molar-refractivity contribution in [2.45, 2.75) is 26.7 Å². The van der Waals surface area contributed by atoms with E-state index in [0.717, 1.165) is 16.0 Å². The van der Waals surface area contributed by atoms with Gasteiger partial charge in [0.15, 0.2) is 5.65 Å². The number of aromatic nitrogens is 6. The summed E-state index contributed by atoms with van der Waals surface area (Å²) >= 11 is 0. The summed E-state index contributed by atoms with van der Waals surface area (Å²) in [5.41, 5.74) is 2.75. The normalized spacial score (nSPS) is 11.1. The number of carbonyl (C=O) groups is 1. The third-order valence-electron chi connectivity index (χ3n) is 5.51. The number of aryl methyl sites for hydroxylation is 4. The molecular formula is C22H22N8O3. The summed E-state index contributed by atoms with van der Waals surface area (Å²) in [4.78, 5) is 45.6. The number of fused-ring (bicyclic) bond motifs is 2. The molecule has 1 N–H and O–H groups in total. The van der Waals surface area contributed by atoms with Crippen LogP contribution in [0.15, 0.2) is 27.9 Å². The topological polar surface area (TPSA) is 140 Å². The van der Waals surface area contributed by atoms with Crippen LogP contribution in [0, 0.1) is 25.2 Å². The van der Waals surface area contributed by atoms with Crippen molar-refractivity contribution >= 4 is 22.6 Å². The van der Waals surface area contributed by atoms with Gasteiger partial charge >= 0.3 is 5.69 Å². The molecule has 11 heteroatoms. The molecule has 0 unspecified atom stereocenters. The van der Waals surface area contributed by atoms with Crippen LogP contribution in [-0.4, -0.2) is 41.2 Å². The van der Waals surface area contributed by atoms with Gasteiger partial charge in [-0.1, -0.05) is 0 Å². The lowest BCUT2D eigenvalue weighted by Gasteiger charge is -2.08. The number of amides is 1. The maximum atomic E-state index is 12.6. The molecule has 4 aromatic heterocycles. The summed E-state index contributed by atoms with van der Waals surface area (Å²) in [6.45, 7) is 4.11. The molecule has 0 atom stereocenters. The van der Waals surface area contributed by atoms with Crippen molar-refractivity contribution in [3.8, 4) is 6.07 Å². The quantitative estimate of drug-likeness (QED) is 0.441. The molecule has 0 saturated carbocycles.